The van der Waals surface area contributed by atoms with Crippen LogP contribution in [0.1, 0.15) is 5.56 Å². The van der Waals surface area contributed by atoms with E-state index in [4.69, 9.17) is 4.98 Å². The van der Waals surface area contributed by atoms with E-state index in [1.54, 1.807) is 24.4 Å². The van der Waals surface area contributed by atoms with E-state index in [9.17, 15) is 10.4 Å². The standard InChI is InChI=1S/C37H23N4O.Pt/c38-24-25-20-21-39-32(22-25)28-13-8-12-27(23-28)30-16-9-18-34-36(30)40-37(31-15-5-7-19-35(31)42)41(34)33-17-6-4-14-29(33)26-10-2-1-3-11-26;/h1-22,42H;/q-1;. The molecule has 2 aromatic heterocycles. The maximum Gasteiger partial charge on any atom is 0.148 e. The van der Waals surface area contributed by atoms with Crippen molar-refractivity contribution in [1.82, 2.24) is 14.5 Å². The van der Waals surface area contributed by atoms with Crippen molar-refractivity contribution < 1.29 is 26.2 Å². The van der Waals surface area contributed by atoms with Crippen LogP contribution in [0, 0.1) is 17.4 Å². The minimum Gasteiger partial charge on any atom is -0.507 e. The predicted octanol–water partition coefficient (Wildman–Crippen LogP) is 8.46. The number of para-hydroxylation sites is 3. The van der Waals surface area contributed by atoms with Crippen molar-refractivity contribution in [1.29, 1.82) is 5.26 Å². The van der Waals surface area contributed by atoms with E-state index in [0.29, 0.717) is 22.6 Å². The van der Waals surface area contributed by atoms with Gasteiger partial charge in [0.05, 0.1) is 28.4 Å². The molecule has 0 amide bonds. The molecule has 0 bridgehead atoms. The van der Waals surface area contributed by atoms with Crippen LogP contribution >= 0.6 is 0 Å². The topological polar surface area (TPSA) is 74.7 Å². The van der Waals surface area contributed by atoms with Crippen LogP contribution in [0.15, 0.2) is 134 Å². The van der Waals surface area contributed by atoms with Gasteiger partial charge in [-0.1, -0.05) is 90.0 Å². The summed E-state index contributed by atoms with van der Waals surface area (Å²) in [7, 11) is 0. The van der Waals surface area contributed by atoms with E-state index in [1.807, 2.05) is 78.9 Å². The van der Waals surface area contributed by atoms with Crippen LogP contribution in [0.25, 0.3) is 61.6 Å². The van der Waals surface area contributed by atoms with Crippen molar-refractivity contribution in [3.8, 4) is 62.4 Å². The number of nitrogens with zero attached hydrogens (tertiary/aromatic N) is 4. The number of pyridine rings is 1. The van der Waals surface area contributed by atoms with Gasteiger partial charge in [0.15, 0.2) is 0 Å². The summed E-state index contributed by atoms with van der Waals surface area (Å²) in [5.41, 5.74) is 9.18. The van der Waals surface area contributed by atoms with Crippen LogP contribution in [0.4, 0.5) is 0 Å². The number of hydrogen-bond donors (Lipinski definition) is 1. The summed E-state index contributed by atoms with van der Waals surface area (Å²) in [5, 5.41) is 20.3. The Hall–Kier alpha value is -5.30. The second-order valence-corrected chi connectivity index (χ2v) is 9.86. The molecule has 0 saturated heterocycles. The number of hydrogen-bond acceptors (Lipinski definition) is 4. The van der Waals surface area contributed by atoms with Crippen molar-refractivity contribution >= 4 is 11.0 Å². The monoisotopic (exact) mass is 734 g/mol. The van der Waals surface area contributed by atoms with Crippen molar-refractivity contribution in [3.63, 3.8) is 0 Å². The maximum atomic E-state index is 10.9. The predicted molar refractivity (Wildman–Crippen MR) is 166 cm³/mol. The average molecular weight is 735 g/mol. The quantitative estimate of drug-likeness (QED) is 0.180. The summed E-state index contributed by atoms with van der Waals surface area (Å²) in [4.78, 5) is 9.66. The molecule has 0 atom stereocenters. The van der Waals surface area contributed by atoms with Gasteiger partial charge in [-0.2, -0.15) is 5.26 Å². The fourth-order valence-corrected chi connectivity index (χ4v) is 5.36. The number of aromatic nitrogens is 3. The minimum absolute atomic E-state index is 0. The zero-order valence-corrected chi connectivity index (χ0v) is 25.0. The molecule has 0 saturated carbocycles. The Morgan fingerprint density at radius 3 is 2.21 bits per heavy atom. The van der Waals surface area contributed by atoms with Gasteiger partial charge in [-0.25, -0.2) is 4.98 Å². The number of rotatable bonds is 5. The fraction of sp³-hybridized carbons (Fsp3) is 0. The summed E-state index contributed by atoms with van der Waals surface area (Å²) in [6.07, 6.45) is 1.64. The van der Waals surface area contributed by atoms with Crippen LogP contribution in [-0.4, -0.2) is 19.6 Å². The summed E-state index contributed by atoms with van der Waals surface area (Å²) >= 11 is 0. The van der Waals surface area contributed by atoms with Crippen molar-refractivity contribution in [2.45, 2.75) is 0 Å². The summed E-state index contributed by atoms with van der Waals surface area (Å²) in [6.45, 7) is 0. The third-order valence-corrected chi connectivity index (χ3v) is 7.31. The molecule has 0 radical (unpaired) electrons. The van der Waals surface area contributed by atoms with E-state index in [1.165, 1.54) is 0 Å². The molecule has 0 aliphatic heterocycles. The second-order valence-electron chi connectivity index (χ2n) is 9.86. The third kappa shape index (κ3) is 5.14. The molecule has 1 N–H and O–H groups in total. The first-order chi connectivity index (χ1) is 20.7. The van der Waals surface area contributed by atoms with E-state index in [0.717, 1.165) is 44.5 Å². The van der Waals surface area contributed by atoms with Crippen molar-refractivity contribution in [2.24, 2.45) is 0 Å². The number of fused-ring (bicyclic) bond motifs is 1. The Kier molecular flexibility index (Phi) is 7.70. The molecule has 5 aromatic carbocycles. The smallest absolute Gasteiger partial charge is 0.148 e. The molecule has 6 heteroatoms. The third-order valence-electron chi connectivity index (χ3n) is 7.31. The molecule has 0 aliphatic rings. The van der Waals surface area contributed by atoms with Crippen LogP contribution in [0.2, 0.25) is 0 Å². The van der Waals surface area contributed by atoms with Gasteiger partial charge in [0.2, 0.25) is 0 Å². The second kappa shape index (κ2) is 11.9. The Bertz CT molecular complexity index is 2130. The summed E-state index contributed by atoms with van der Waals surface area (Å²) in [5.74, 6) is 0.795. The van der Waals surface area contributed by atoms with E-state index < -0.39 is 0 Å². The molecule has 0 aliphatic carbocycles. The molecule has 5 nitrogen and oxygen atoms in total. The van der Waals surface area contributed by atoms with Crippen LogP contribution in [-0.2, 0) is 21.1 Å². The molecule has 0 spiro atoms. The van der Waals surface area contributed by atoms with Gasteiger partial charge in [-0.15, -0.1) is 29.8 Å². The molecule has 7 rings (SSSR count). The van der Waals surface area contributed by atoms with E-state index in [2.05, 4.69) is 52.0 Å². The van der Waals surface area contributed by atoms with Gasteiger partial charge in [-0.05, 0) is 35.9 Å². The van der Waals surface area contributed by atoms with Gasteiger partial charge in [0.1, 0.15) is 11.6 Å². The zero-order chi connectivity index (χ0) is 28.5. The number of aromatic hydroxyl groups is 1. The first-order valence-electron chi connectivity index (χ1n) is 13.5. The van der Waals surface area contributed by atoms with Gasteiger partial charge >= 0.3 is 0 Å². The number of nitriles is 1. The van der Waals surface area contributed by atoms with Crippen LogP contribution in [0.3, 0.4) is 0 Å². The summed E-state index contributed by atoms with van der Waals surface area (Å²) in [6, 6.07) is 47.0. The fourth-order valence-electron chi connectivity index (χ4n) is 5.36. The normalized spacial score (nSPS) is 10.7. The number of imidazole rings is 1. The Balaban J connectivity index is 0.00000329. The maximum absolute atomic E-state index is 10.9. The SMILES string of the molecule is N#Cc1ccnc(-c2[c-]c(-c3cccc4c3nc(-c3ccccc3O)n4-c3ccccc3-c3ccccc3)ccc2)c1.[Pt]. The van der Waals surface area contributed by atoms with Gasteiger partial charge in [-0.3, -0.25) is 9.55 Å². The van der Waals surface area contributed by atoms with Gasteiger partial charge in [0, 0.05) is 44.1 Å². The zero-order valence-electron chi connectivity index (χ0n) is 22.8. The molecule has 0 unspecified atom stereocenters. The molecule has 208 valence electrons. The Labute approximate surface area is 263 Å². The molecule has 7 aromatic rings. The van der Waals surface area contributed by atoms with E-state index >= 15 is 0 Å². The van der Waals surface area contributed by atoms with Crippen molar-refractivity contribution in [2.75, 3.05) is 0 Å². The largest absolute Gasteiger partial charge is 0.507 e. The van der Waals surface area contributed by atoms with Crippen LogP contribution in [0.5, 0.6) is 5.75 Å². The molecule has 0 fully saturated rings. The van der Waals surface area contributed by atoms with Gasteiger partial charge < -0.3 is 5.11 Å². The molecule has 2 heterocycles. The van der Waals surface area contributed by atoms with E-state index in [-0.39, 0.29) is 26.8 Å². The number of phenols is 1. The Morgan fingerprint density at radius 1 is 0.698 bits per heavy atom. The van der Waals surface area contributed by atoms with Crippen LogP contribution < -0.4 is 0 Å². The molecule has 43 heavy (non-hydrogen) atoms. The first-order valence-corrected chi connectivity index (χ1v) is 13.5. The molecular formula is C37H23N4OPt-. The minimum atomic E-state index is 0. The first kappa shape index (κ1) is 27.8. The Morgan fingerprint density at radius 2 is 1.40 bits per heavy atom. The van der Waals surface area contributed by atoms with Crippen molar-refractivity contribution in [3.05, 3.63) is 145 Å². The average Bonchev–Trinajstić information content (AvgIpc) is 3.45. The number of phenolic OH excluding ortho intramolecular Hbond substituents is 1. The number of benzene rings is 5. The summed E-state index contributed by atoms with van der Waals surface area (Å²) < 4.78 is 2.12. The molecular weight excluding hydrogens is 712 g/mol. The van der Waals surface area contributed by atoms with Gasteiger partial charge in [0.25, 0.3) is 0 Å².